The number of halogens is 1. The van der Waals surface area contributed by atoms with Gasteiger partial charge >= 0.3 is 0 Å². The SMILES string of the molecule is C=CCn1c(-c2ccc(F)cc2)nn(CN(Cc2ccc(OC)cc2)C2CC2)c1=S. The number of nitrogens with zero attached hydrogens (tertiary/aromatic N) is 4. The normalized spacial score (nSPS) is 13.6. The van der Waals surface area contributed by atoms with Gasteiger partial charge in [0.15, 0.2) is 10.6 Å². The topological polar surface area (TPSA) is 35.2 Å². The molecule has 0 aliphatic heterocycles. The third-order valence-corrected chi connectivity index (χ3v) is 5.69. The third kappa shape index (κ3) is 4.52. The second-order valence-electron chi connectivity index (χ2n) is 7.48. The average molecular weight is 425 g/mol. The smallest absolute Gasteiger partial charge is 0.199 e. The van der Waals surface area contributed by atoms with E-state index in [-0.39, 0.29) is 5.82 Å². The summed E-state index contributed by atoms with van der Waals surface area (Å²) >= 11 is 5.73. The van der Waals surface area contributed by atoms with Crippen LogP contribution in [-0.2, 0) is 19.8 Å². The Bertz CT molecular complexity index is 1070. The molecule has 1 fully saturated rings. The number of ether oxygens (including phenoxy) is 1. The summed E-state index contributed by atoms with van der Waals surface area (Å²) in [5.74, 6) is 1.30. The maximum Gasteiger partial charge on any atom is 0.199 e. The molecule has 0 spiro atoms. The van der Waals surface area contributed by atoms with Crippen molar-refractivity contribution in [3.8, 4) is 17.1 Å². The Balaban J connectivity index is 1.61. The number of benzene rings is 2. The maximum absolute atomic E-state index is 13.4. The lowest BCUT2D eigenvalue weighted by Gasteiger charge is -2.22. The summed E-state index contributed by atoms with van der Waals surface area (Å²) in [6.07, 6.45) is 4.16. The molecule has 30 heavy (non-hydrogen) atoms. The molecule has 0 bridgehead atoms. The summed E-state index contributed by atoms with van der Waals surface area (Å²) in [5.41, 5.74) is 2.05. The van der Waals surface area contributed by atoms with E-state index < -0.39 is 0 Å². The van der Waals surface area contributed by atoms with Crippen LogP contribution >= 0.6 is 12.2 Å². The van der Waals surface area contributed by atoms with Crippen molar-refractivity contribution >= 4 is 12.2 Å². The molecule has 1 saturated carbocycles. The Morgan fingerprint density at radius 1 is 1.20 bits per heavy atom. The molecule has 1 aliphatic carbocycles. The van der Waals surface area contributed by atoms with Crippen LogP contribution in [0.25, 0.3) is 11.4 Å². The van der Waals surface area contributed by atoms with Gasteiger partial charge in [0.2, 0.25) is 0 Å². The Hall–Kier alpha value is -2.77. The van der Waals surface area contributed by atoms with E-state index in [0.29, 0.717) is 24.0 Å². The summed E-state index contributed by atoms with van der Waals surface area (Å²) in [6, 6.07) is 15.0. The number of hydrogen-bond acceptors (Lipinski definition) is 4. The van der Waals surface area contributed by atoms with Crippen LogP contribution in [0.1, 0.15) is 18.4 Å². The molecule has 0 unspecified atom stereocenters. The van der Waals surface area contributed by atoms with Gasteiger partial charge in [-0.25, -0.2) is 9.07 Å². The lowest BCUT2D eigenvalue weighted by Crippen LogP contribution is -2.29. The van der Waals surface area contributed by atoms with Gasteiger partial charge in [-0.15, -0.1) is 6.58 Å². The molecule has 1 aliphatic rings. The quantitative estimate of drug-likeness (QED) is 0.356. The lowest BCUT2D eigenvalue weighted by molar-refractivity contribution is 0.186. The van der Waals surface area contributed by atoms with Crippen LogP contribution in [0.3, 0.4) is 0 Å². The first-order chi connectivity index (χ1) is 14.6. The van der Waals surface area contributed by atoms with Crippen molar-refractivity contribution in [3.05, 3.63) is 77.3 Å². The maximum atomic E-state index is 13.4. The third-order valence-electron chi connectivity index (χ3n) is 5.26. The largest absolute Gasteiger partial charge is 0.497 e. The molecule has 0 radical (unpaired) electrons. The first-order valence-corrected chi connectivity index (χ1v) is 10.4. The standard InChI is InChI=1S/C23H25FN4OS/c1-3-14-27-22(18-6-8-19(24)9-7-18)25-28(23(27)30)16-26(20-10-11-20)15-17-4-12-21(29-2)13-5-17/h3-9,12-13,20H,1,10-11,14-16H2,2H3. The molecule has 1 aromatic heterocycles. The van der Waals surface area contributed by atoms with Crippen LogP contribution in [0.5, 0.6) is 5.75 Å². The number of rotatable bonds is 9. The number of methoxy groups -OCH3 is 1. The minimum absolute atomic E-state index is 0.272. The molecule has 3 aromatic rings. The highest BCUT2D eigenvalue weighted by atomic mass is 32.1. The molecule has 0 amide bonds. The van der Waals surface area contributed by atoms with Crippen molar-refractivity contribution in [3.63, 3.8) is 0 Å². The van der Waals surface area contributed by atoms with E-state index in [1.54, 1.807) is 25.3 Å². The van der Waals surface area contributed by atoms with E-state index in [1.807, 2.05) is 21.4 Å². The van der Waals surface area contributed by atoms with Gasteiger partial charge in [-0.05, 0) is 67.0 Å². The number of allylic oxidation sites excluding steroid dienone is 1. The summed E-state index contributed by atoms with van der Waals surface area (Å²) in [4.78, 5) is 2.40. The summed E-state index contributed by atoms with van der Waals surface area (Å²) in [7, 11) is 1.67. The van der Waals surface area contributed by atoms with Gasteiger partial charge in [-0.3, -0.25) is 9.47 Å². The summed E-state index contributed by atoms with van der Waals surface area (Å²) in [6.45, 7) is 5.81. The monoisotopic (exact) mass is 424 g/mol. The van der Waals surface area contributed by atoms with Crippen molar-refractivity contribution in [2.75, 3.05) is 7.11 Å². The van der Waals surface area contributed by atoms with E-state index in [4.69, 9.17) is 22.1 Å². The van der Waals surface area contributed by atoms with E-state index in [9.17, 15) is 4.39 Å². The van der Waals surface area contributed by atoms with Crippen molar-refractivity contribution in [2.45, 2.75) is 38.6 Å². The Morgan fingerprint density at radius 3 is 2.50 bits per heavy atom. The molecule has 5 nitrogen and oxygen atoms in total. The van der Waals surface area contributed by atoms with E-state index in [0.717, 1.165) is 23.7 Å². The molecular weight excluding hydrogens is 399 g/mol. The van der Waals surface area contributed by atoms with Gasteiger partial charge < -0.3 is 4.74 Å². The average Bonchev–Trinajstić information content (AvgIpc) is 3.56. The molecule has 0 N–H and O–H groups in total. The van der Waals surface area contributed by atoms with E-state index in [1.165, 1.54) is 30.5 Å². The van der Waals surface area contributed by atoms with Crippen LogP contribution in [0.2, 0.25) is 0 Å². The molecule has 156 valence electrons. The molecular formula is C23H25FN4OS. The van der Waals surface area contributed by atoms with E-state index in [2.05, 4.69) is 23.6 Å². The highest BCUT2D eigenvalue weighted by molar-refractivity contribution is 7.71. The van der Waals surface area contributed by atoms with Crippen molar-refractivity contribution in [2.24, 2.45) is 0 Å². The van der Waals surface area contributed by atoms with Gasteiger partial charge in [0.05, 0.1) is 13.8 Å². The number of aromatic nitrogens is 3. The molecule has 1 heterocycles. The zero-order chi connectivity index (χ0) is 21.1. The van der Waals surface area contributed by atoms with Crippen molar-refractivity contribution in [1.29, 1.82) is 0 Å². The summed E-state index contributed by atoms with van der Waals surface area (Å²) in [5, 5.41) is 4.79. The molecule has 4 rings (SSSR count). The van der Waals surface area contributed by atoms with Gasteiger partial charge in [0, 0.05) is 24.7 Å². The summed E-state index contributed by atoms with van der Waals surface area (Å²) < 4.78 is 23.1. The predicted octanol–water partition coefficient (Wildman–Crippen LogP) is 5.04. The molecule has 0 saturated heterocycles. The van der Waals surface area contributed by atoms with Gasteiger partial charge in [-0.1, -0.05) is 18.2 Å². The van der Waals surface area contributed by atoms with Crippen molar-refractivity contribution in [1.82, 2.24) is 19.2 Å². The predicted molar refractivity (Wildman–Crippen MR) is 118 cm³/mol. The Morgan fingerprint density at radius 2 is 1.90 bits per heavy atom. The van der Waals surface area contributed by atoms with Gasteiger partial charge in [0.1, 0.15) is 11.6 Å². The first-order valence-electron chi connectivity index (χ1n) is 10.0. The fourth-order valence-corrected chi connectivity index (χ4v) is 3.77. The molecule has 7 heteroatoms. The highest BCUT2D eigenvalue weighted by Crippen LogP contribution is 2.29. The van der Waals surface area contributed by atoms with Crippen LogP contribution < -0.4 is 4.74 Å². The van der Waals surface area contributed by atoms with E-state index >= 15 is 0 Å². The van der Waals surface area contributed by atoms with Gasteiger partial charge in [0.25, 0.3) is 0 Å². The first kappa shape index (κ1) is 20.5. The molecule has 0 atom stereocenters. The van der Waals surface area contributed by atoms with Crippen LogP contribution in [0.15, 0.2) is 61.2 Å². The van der Waals surface area contributed by atoms with Crippen molar-refractivity contribution < 1.29 is 9.13 Å². The highest BCUT2D eigenvalue weighted by Gasteiger charge is 2.30. The van der Waals surface area contributed by atoms with Crippen LogP contribution in [0.4, 0.5) is 4.39 Å². The molecule has 2 aromatic carbocycles. The Labute approximate surface area is 181 Å². The second-order valence-corrected chi connectivity index (χ2v) is 7.84. The number of hydrogen-bond donors (Lipinski definition) is 0. The van der Waals surface area contributed by atoms with Crippen LogP contribution in [-0.4, -0.2) is 32.4 Å². The van der Waals surface area contributed by atoms with Crippen LogP contribution in [0, 0.1) is 10.6 Å². The minimum Gasteiger partial charge on any atom is -0.497 e. The Kier molecular flexibility index (Phi) is 6.11. The zero-order valence-electron chi connectivity index (χ0n) is 17.0. The fraction of sp³-hybridized carbons (Fsp3) is 0.304. The fourth-order valence-electron chi connectivity index (χ4n) is 3.51. The minimum atomic E-state index is -0.272. The second kappa shape index (κ2) is 8.93. The lowest BCUT2D eigenvalue weighted by atomic mass is 10.2. The van der Waals surface area contributed by atoms with Gasteiger partial charge in [-0.2, -0.15) is 5.10 Å². The zero-order valence-corrected chi connectivity index (χ0v) is 17.8.